The number of fused-ring (bicyclic) bond motifs is 1. The van der Waals surface area contributed by atoms with Crippen LogP contribution in [0.2, 0.25) is 0 Å². The van der Waals surface area contributed by atoms with Crippen molar-refractivity contribution in [2.75, 3.05) is 5.32 Å². The molecule has 0 spiro atoms. The molecule has 96 valence electrons. The number of rotatable bonds is 2. The van der Waals surface area contributed by atoms with Gasteiger partial charge in [-0.3, -0.25) is 4.79 Å². The third kappa shape index (κ3) is 2.62. The predicted octanol–water partition coefficient (Wildman–Crippen LogP) is 2.73. The lowest BCUT2D eigenvalue weighted by Crippen LogP contribution is -2.14. The minimum Gasteiger partial charge on any atom is -0.321 e. The van der Waals surface area contributed by atoms with Crippen molar-refractivity contribution in [3.8, 4) is 0 Å². The smallest absolute Gasteiger partial charge is 0.275 e. The van der Waals surface area contributed by atoms with Gasteiger partial charge in [-0.15, -0.1) is 0 Å². The second-order valence-electron chi connectivity index (χ2n) is 4.13. The molecule has 6 heteroatoms. The largest absolute Gasteiger partial charge is 0.321 e. The van der Waals surface area contributed by atoms with E-state index in [1.165, 1.54) is 0 Å². The Morgan fingerprint density at radius 1 is 1.32 bits per heavy atom. The number of anilines is 1. The van der Waals surface area contributed by atoms with E-state index in [1.54, 1.807) is 6.20 Å². The topological polar surface area (TPSA) is 50.2 Å². The zero-order valence-corrected chi connectivity index (χ0v) is 12.1. The minimum absolute atomic E-state index is 0.193. The summed E-state index contributed by atoms with van der Waals surface area (Å²) in [5, 5.41) is 2.82. The number of nitrogens with zero attached hydrogens (tertiary/aromatic N) is 3. The Kier molecular flexibility index (Phi) is 3.24. The first-order chi connectivity index (χ1) is 9.22. The molecule has 1 aromatic carbocycles. The van der Waals surface area contributed by atoms with E-state index in [-0.39, 0.29) is 5.91 Å². The van der Waals surface area contributed by atoms with Crippen LogP contribution in [0.5, 0.6) is 0 Å². The van der Waals surface area contributed by atoms with E-state index < -0.39 is 0 Å². The summed E-state index contributed by atoms with van der Waals surface area (Å²) in [6.07, 6.45) is 5.58. The number of benzene rings is 1. The van der Waals surface area contributed by atoms with E-state index in [0.29, 0.717) is 12.4 Å². The van der Waals surface area contributed by atoms with Crippen molar-refractivity contribution >= 4 is 40.5 Å². The molecule has 0 unspecified atom stereocenters. The number of amides is 1. The first-order valence-corrected chi connectivity index (χ1v) is 6.73. The van der Waals surface area contributed by atoms with Crippen molar-refractivity contribution in [2.24, 2.45) is 0 Å². The van der Waals surface area contributed by atoms with Gasteiger partial charge < -0.3 is 13.0 Å². The number of hydrogen-bond acceptors (Lipinski definition) is 3. The van der Waals surface area contributed by atoms with Crippen LogP contribution < -0.4 is 5.32 Å². The Labute approximate surface area is 124 Å². The van der Waals surface area contributed by atoms with Crippen LogP contribution in [0.3, 0.4) is 0 Å². The first-order valence-electron chi connectivity index (χ1n) is 5.76. The van der Waals surface area contributed by atoms with Gasteiger partial charge in [-0.05, 0) is 18.2 Å². The Bertz CT molecular complexity index is 635. The monoisotopic (exact) mass is 366 g/mol. The van der Waals surface area contributed by atoms with Gasteiger partial charge in [0.05, 0.1) is 22.9 Å². The Morgan fingerprint density at radius 2 is 2.11 bits per heavy atom. The van der Waals surface area contributed by atoms with Gasteiger partial charge in [-0.1, -0.05) is 18.2 Å². The lowest BCUT2D eigenvalue weighted by Gasteiger charge is -2.17. The average molecular weight is 366 g/mol. The van der Waals surface area contributed by atoms with Crippen LogP contribution in [-0.4, -0.2) is 18.6 Å². The average Bonchev–Trinajstić information content (AvgIpc) is 2.83. The summed E-state index contributed by atoms with van der Waals surface area (Å²) in [4.78, 5) is 16.4. The van der Waals surface area contributed by atoms with Crippen LogP contribution in [0, 0.1) is 0 Å². The van der Waals surface area contributed by atoms with E-state index in [1.807, 2.05) is 50.3 Å². The van der Waals surface area contributed by atoms with Gasteiger partial charge in [0.15, 0.2) is 0 Å². The Balaban J connectivity index is 1.80. The maximum atomic E-state index is 12.1. The molecule has 5 nitrogen and oxygen atoms in total. The number of carbonyl (C=O) groups excluding carboxylic acids is 1. The summed E-state index contributed by atoms with van der Waals surface area (Å²) >= 11 is 2.20. The molecule has 0 aliphatic carbocycles. The highest BCUT2D eigenvalue weighted by Crippen LogP contribution is 2.16. The molecule has 1 N–H and O–H groups in total. The molecule has 0 saturated heterocycles. The van der Waals surface area contributed by atoms with Gasteiger partial charge >= 0.3 is 0 Å². The van der Waals surface area contributed by atoms with E-state index in [2.05, 4.69) is 33.2 Å². The molecule has 1 amide bonds. The summed E-state index contributed by atoms with van der Waals surface area (Å²) < 4.78 is 3.93. The summed E-state index contributed by atoms with van der Waals surface area (Å²) in [5.74, 6) is 0.604. The van der Waals surface area contributed by atoms with Gasteiger partial charge in [0.2, 0.25) is 0 Å². The van der Waals surface area contributed by atoms with Gasteiger partial charge in [-0.2, -0.15) is 0 Å². The SMILES string of the molecule is O=C(Nc1ccccc1)c1cn2c(n1)C=CN(I)C2. The van der Waals surface area contributed by atoms with Crippen LogP contribution in [0.4, 0.5) is 5.69 Å². The lowest BCUT2D eigenvalue weighted by atomic mass is 10.3. The van der Waals surface area contributed by atoms with E-state index in [9.17, 15) is 4.79 Å². The van der Waals surface area contributed by atoms with Crippen LogP contribution in [0.15, 0.2) is 42.7 Å². The summed E-state index contributed by atoms with van der Waals surface area (Å²) in [7, 11) is 0. The zero-order chi connectivity index (χ0) is 13.2. The maximum absolute atomic E-state index is 12.1. The van der Waals surface area contributed by atoms with Crippen LogP contribution >= 0.6 is 22.9 Å². The quantitative estimate of drug-likeness (QED) is 0.657. The third-order valence-corrected chi connectivity index (χ3v) is 3.37. The molecular weight excluding hydrogens is 355 g/mol. The molecule has 0 fully saturated rings. The number of nitrogens with one attached hydrogen (secondary N) is 1. The second-order valence-corrected chi connectivity index (χ2v) is 5.37. The van der Waals surface area contributed by atoms with Crippen molar-refractivity contribution in [1.29, 1.82) is 0 Å². The van der Waals surface area contributed by atoms with Crippen molar-refractivity contribution in [3.05, 3.63) is 54.2 Å². The highest BCUT2D eigenvalue weighted by molar-refractivity contribution is 14.1. The van der Waals surface area contributed by atoms with E-state index in [0.717, 1.165) is 11.5 Å². The molecular formula is C13H11IN4O. The molecule has 2 aromatic rings. The van der Waals surface area contributed by atoms with Crippen LogP contribution in [0.25, 0.3) is 6.08 Å². The fourth-order valence-electron chi connectivity index (χ4n) is 1.84. The molecule has 19 heavy (non-hydrogen) atoms. The Hall–Kier alpha value is -1.83. The molecule has 0 saturated carbocycles. The van der Waals surface area contributed by atoms with E-state index >= 15 is 0 Å². The fraction of sp³-hybridized carbons (Fsp3) is 0.0769. The number of aromatic nitrogens is 2. The van der Waals surface area contributed by atoms with Crippen molar-refractivity contribution in [2.45, 2.75) is 6.67 Å². The summed E-state index contributed by atoms with van der Waals surface area (Å²) in [6, 6.07) is 9.36. The van der Waals surface area contributed by atoms with Crippen molar-refractivity contribution in [3.63, 3.8) is 0 Å². The number of para-hydroxylation sites is 1. The standard InChI is InChI=1S/C13H11IN4O/c14-18-7-6-12-16-11(8-17(12)9-18)13(19)15-10-4-2-1-3-5-10/h1-8H,9H2,(H,15,19). The number of hydrogen-bond donors (Lipinski definition) is 1. The maximum Gasteiger partial charge on any atom is 0.275 e. The molecule has 1 aliphatic rings. The Morgan fingerprint density at radius 3 is 2.89 bits per heavy atom. The first kappa shape index (κ1) is 12.2. The van der Waals surface area contributed by atoms with Crippen molar-refractivity contribution in [1.82, 2.24) is 12.7 Å². The summed E-state index contributed by atoms with van der Waals surface area (Å²) in [5.41, 5.74) is 1.19. The molecule has 0 radical (unpaired) electrons. The highest BCUT2D eigenvalue weighted by Gasteiger charge is 2.16. The number of carbonyl (C=O) groups is 1. The van der Waals surface area contributed by atoms with E-state index in [4.69, 9.17) is 0 Å². The minimum atomic E-state index is -0.193. The fourth-order valence-corrected chi connectivity index (χ4v) is 2.33. The van der Waals surface area contributed by atoms with Crippen molar-refractivity contribution < 1.29 is 4.79 Å². The second kappa shape index (κ2) is 5.04. The third-order valence-electron chi connectivity index (χ3n) is 2.74. The summed E-state index contributed by atoms with van der Waals surface area (Å²) in [6.45, 7) is 0.692. The van der Waals surface area contributed by atoms with Crippen LogP contribution in [0.1, 0.15) is 16.3 Å². The normalized spacial score (nSPS) is 13.2. The molecule has 2 heterocycles. The van der Waals surface area contributed by atoms with Gasteiger partial charge in [-0.25, -0.2) is 4.98 Å². The van der Waals surface area contributed by atoms with Gasteiger partial charge in [0, 0.05) is 18.1 Å². The molecule has 0 atom stereocenters. The zero-order valence-electron chi connectivity index (χ0n) is 9.95. The number of halogens is 1. The highest BCUT2D eigenvalue weighted by atomic mass is 127. The predicted molar refractivity (Wildman–Crippen MR) is 81.5 cm³/mol. The van der Waals surface area contributed by atoms with Gasteiger partial charge in [0.1, 0.15) is 18.2 Å². The molecule has 0 bridgehead atoms. The van der Waals surface area contributed by atoms with Crippen LogP contribution in [-0.2, 0) is 6.67 Å². The molecule has 3 rings (SSSR count). The van der Waals surface area contributed by atoms with Gasteiger partial charge in [0.25, 0.3) is 5.91 Å². The molecule has 1 aromatic heterocycles. The number of imidazole rings is 1. The molecule has 1 aliphatic heterocycles. The lowest BCUT2D eigenvalue weighted by molar-refractivity contribution is 0.102.